The van der Waals surface area contributed by atoms with E-state index in [-0.39, 0.29) is 4.90 Å². The van der Waals surface area contributed by atoms with Crippen molar-refractivity contribution in [2.24, 2.45) is 0 Å². The van der Waals surface area contributed by atoms with Gasteiger partial charge < -0.3 is 5.32 Å². The first-order chi connectivity index (χ1) is 11.4. The Morgan fingerprint density at radius 1 is 0.792 bits per heavy atom. The number of sulfone groups is 1. The van der Waals surface area contributed by atoms with Gasteiger partial charge >= 0.3 is 0 Å². The Kier molecular flexibility index (Phi) is 4.60. The minimum absolute atomic E-state index is 0.267. The number of benzene rings is 3. The van der Waals surface area contributed by atoms with Crippen molar-refractivity contribution in [1.82, 2.24) is 0 Å². The van der Waals surface area contributed by atoms with E-state index < -0.39 is 9.84 Å². The Morgan fingerprint density at radius 2 is 1.38 bits per heavy atom. The maximum absolute atomic E-state index is 12.6. The maximum Gasteiger partial charge on any atom is 0.206 e. The molecule has 0 spiro atoms. The van der Waals surface area contributed by atoms with Crippen molar-refractivity contribution in [3.8, 4) is 0 Å². The highest BCUT2D eigenvalue weighted by atomic mass is 35.5. The van der Waals surface area contributed by atoms with E-state index in [2.05, 4.69) is 5.32 Å². The van der Waals surface area contributed by atoms with E-state index in [1.54, 1.807) is 60.7 Å². The SMILES string of the molecule is Cc1ccc(S(=O)(=O)c2ccc(Nc3cccc(Cl)c3)cc2)cc1. The molecule has 0 saturated heterocycles. The maximum atomic E-state index is 12.6. The predicted octanol–water partition coefficient (Wildman–Crippen LogP) is 5.22. The van der Waals surface area contributed by atoms with Gasteiger partial charge in [-0.1, -0.05) is 35.4 Å². The number of rotatable bonds is 4. The molecule has 0 saturated carbocycles. The summed E-state index contributed by atoms with van der Waals surface area (Å²) in [6, 6.07) is 20.9. The van der Waals surface area contributed by atoms with Crippen LogP contribution in [-0.2, 0) is 9.84 Å². The van der Waals surface area contributed by atoms with Gasteiger partial charge in [-0.15, -0.1) is 0 Å². The first-order valence-electron chi connectivity index (χ1n) is 7.39. The number of hydrogen-bond donors (Lipinski definition) is 1. The van der Waals surface area contributed by atoms with E-state index in [1.807, 2.05) is 19.1 Å². The van der Waals surface area contributed by atoms with Gasteiger partial charge in [0.05, 0.1) is 9.79 Å². The van der Waals surface area contributed by atoms with Gasteiger partial charge in [0.25, 0.3) is 0 Å². The molecule has 0 atom stereocenters. The topological polar surface area (TPSA) is 46.2 Å². The molecular weight excluding hydrogens is 342 g/mol. The zero-order chi connectivity index (χ0) is 17.2. The zero-order valence-corrected chi connectivity index (χ0v) is 14.6. The van der Waals surface area contributed by atoms with Crippen molar-refractivity contribution in [2.45, 2.75) is 16.7 Å². The lowest BCUT2D eigenvalue weighted by Crippen LogP contribution is -2.02. The highest BCUT2D eigenvalue weighted by molar-refractivity contribution is 7.91. The average Bonchev–Trinajstić information content (AvgIpc) is 2.56. The summed E-state index contributed by atoms with van der Waals surface area (Å²) in [6.45, 7) is 1.92. The van der Waals surface area contributed by atoms with Crippen LogP contribution in [0.15, 0.2) is 82.6 Å². The molecule has 0 aromatic heterocycles. The second-order valence-electron chi connectivity index (χ2n) is 5.48. The zero-order valence-electron chi connectivity index (χ0n) is 13.0. The van der Waals surface area contributed by atoms with Gasteiger partial charge in [-0.2, -0.15) is 0 Å². The molecule has 0 aliphatic heterocycles. The fourth-order valence-electron chi connectivity index (χ4n) is 2.30. The lowest BCUT2D eigenvalue weighted by molar-refractivity contribution is 0.596. The molecule has 122 valence electrons. The van der Waals surface area contributed by atoms with Crippen LogP contribution in [0.2, 0.25) is 5.02 Å². The summed E-state index contributed by atoms with van der Waals surface area (Å²) in [5, 5.41) is 3.83. The molecule has 0 radical (unpaired) electrons. The van der Waals surface area contributed by atoms with Crippen LogP contribution in [0.5, 0.6) is 0 Å². The highest BCUT2D eigenvalue weighted by Gasteiger charge is 2.17. The molecular formula is C19H16ClNO2S. The average molecular weight is 358 g/mol. The summed E-state index contributed by atoms with van der Waals surface area (Å²) in [4.78, 5) is 0.562. The molecule has 0 fully saturated rings. The summed E-state index contributed by atoms with van der Waals surface area (Å²) in [5.74, 6) is 0. The van der Waals surface area contributed by atoms with Gasteiger partial charge in [0.15, 0.2) is 0 Å². The third-order valence-corrected chi connectivity index (χ3v) is 5.63. The van der Waals surface area contributed by atoms with Crippen molar-refractivity contribution in [1.29, 1.82) is 0 Å². The Morgan fingerprint density at radius 3 is 1.96 bits per heavy atom. The third kappa shape index (κ3) is 3.61. The molecule has 0 amide bonds. The number of nitrogens with one attached hydrogen (secondary N) is 1. The van der Waals surface area contributed by atoms with Crippen molar-refractivity contribution in [3.05, 3.63) is 83.4 Å². The minimum Gasteiger partial charge on any atom is -0.355 e. The highest BCUT2D eigenvalue weighted by Crippen LogP contribution is 2.25. The molecule has 0 heterocycles. The van der Waals surface area contributed by atoms with Crippen molar-refractivity contribution in [3.63, 3.8) is 0 Å². The largest absolute Gasteiger partial charge is 0.355 e. The Balaban J connectivity index is 1.85. The van der Waals surface area contributed by atoms with Gasteiger partial charge in [-0.05, 0) is 61.5 Å². The lowest BCUT2D eigenvalue weighted by Gasteiger charge is -2.09. The molecule has 3 aromatic carbocycles. The van der Waals surface area contributed by atoms with E-state index in [9.17, 15) is 8.42 Å². The standard InChI is InChI=1S/C19H16ClNO2S/c1-14-5-9-18(10-6-14)24(22,23)19-11-7-16(8-12-19)21-17-4-2-3-15(20)13-17/h2-13,21H,1H3. The summed E-state index contributed by atoms with van der Waals surface area (Å²) in [7, 11) is -3.50. The summed E-state index contributed by atoms with van der Waals surface area (Å²) >= 11 is 5.96. The lowest BCUT2D eigenvalue weighted by atomic mass is 10.2. The molecule has 0 aliphatic carbocycles. The van der Waals surface area contributed by atoms with Crippen LogP contribution >= 0.6 is 11.6 Å². The van der Waals surface area contributed by atoms with E-state index in [0.29, 0.717) is 9.92 Å². The second-order valence-corrected chi connectivity index (χ2v) is 7.86. The first-order valence-corrected chi connectivity index (χ1v) is 9.26. The third-order valence-electron chi connectivity index (χ3n) is 3.61. The van der Waals surface area contributed by atoms with Gasteiger partial charge in [-0.25, -0.2) is 8.42 Å². The molecule has 3 aromatic rings. The van der Waals surface area contributed by atoms with E-state index in [4.69, 9.17) is 11.6 Å². The second kappa shape index (κ2) is 6.67. The summed E-state index contributed by atoms with van der Waals surface area (Å²) in [5.41, 5.74) is 2.66. The van der Waals surface area contributed by atoms with Crippen LogP contribution in [-0.4, -0.2) is 8.42 Å². The number of aryl methyl sites for hydroxylation is 1. The van der Waals surface area contributed by atoms with Gasteiger partial charge in [0.1, 0.15) is 0 Å². The number of anilines is 2. The molecule has 0 bridgehead atoms. The smallest absolute Gasteiger partial charge is 0.206 e. The molecule has 3 rings (SSSR count). The van der Waals surface area contributed by atoms with Crippen LogP contribution in [0.4, 0.5) is 11.4 Å². The monoisotopic (exact) mass is 357 g/mol. The van der Waals surface area contributed by atoms with E-state index in [1.165, 1.54) is 0 Å². The Labute approximate surface area is 146 Å². The first kappa shape index (κ1) is 16.6. The van der Waals surface area contributed by atoms with Crippen LogP contribution in [0.25, 0.3) is 0 Å². The normalized spacial score (nSPS) is 11.2. The summed E-state index contributed by atoms with van der Waals surface area (Å²) < 4.78 is 25.2. The van der Waals surface area contributed by atoms with E-state index in [0.717, 1.165) is 16.9 Å². The predicted molar refractivity (Wildman–Crippen MR) is 97.8 cm³/mol. The fraction of sp³-hybridized carbons (Fsp3) is 0.0526. The molecule has 0 unspecified atom stereocenters. The quantitative estimate of drug-likeness (QED) is 0.695. The number of halogens is 1. The van der Waals surface area contributed by atoms with Crippen LogP contribution in [0.1, 0.15) is 5.56 Å². The van der Waals surface area contributed by atoms with Crippen LogP contribution in [0, 0.1) is 6.92 Å². The van der Waals surface area contributed by atoms with Crippen molar-refractivity contribution in [2.75, 3.05) is 5.32 Å². The number of hydrogen-bond acceptors (Lipinski definition) is 3. The van der Waals surface area contributed by atoms with Gasteiger partial charge in [0, 0.05) is 16.4 Å². The molecule has 1 N–H and O–H groups in total. The fourth-order valence-corrected chi connectivity index (χ4v) is 3.76. The molecule has 0 aliphatic rings. The Bertz CT molecular complexity index is 949. The van der Waals surface area contributed by atoms with Crippen molar-refractivity contribution < 1.29 is 8.42 Å². The van der Waals surface area contributed by atoms with Crippen molar-refractivity contribution >= 4 is 32.8 Å². The Hall–Kier alpha value is -2.30. The van der Waals surface area contributed by atoms with E-state index >= 15 is 0 Å². The molecule has 24 heavy (non-hydrogen) atoms. The summed E-state index contributed by atoms with van der Waals surface area (Å²) in [6.07, 6.45) is 0. The van der Waals surface area contributed by atoms with Gasteiger partial charge in [-0.3, -0.25) is 0 Å². The van der Waals surface area contributed by atoms with Crippen LogP contribution in [0.3, 0.4) is 0 Å². The van der Waals surface area contributed by atoms with Gasteiger partial charge in [0.2, 0.25) is 9.84 Å². The molecule has 5 heteroatoms. The van der Waals surface area contributed by atoms with Crippen LogP contribution < -0.4 is 5.32 Å². The molecule has 3 nitrogen and oxygen atoms in total. The minimum atomic E-state index is -3.50.